The molecule has 112 valence electrons. The van der Waals surface area contributed by atoms with Crippen LogP contribution in [0.5, 0.6) is 5.75 Å². The molecule has 1 aromatic carbocycles. The molecule has 1 aromatic heterocycles. The number of aromatic nitrogens is 1. The second-order valence-electron chi connectivity index (χ2n) is 4.70. The first kappa shape index (κ1) is 15.1. The summed E-state index contributed by atoms with van der Waals surface area (Å²) in [5, 5.41) is 3.83. The third-order valence-electron chi connectivity index (χ3n) is 3.30. The molecule has 0 bridgehead atoms. The van der Waals surface area contributed by atoms with Gasteiger partial charge in [-0.3, -0.25) is 4.79 Å². The van der Waals surface area contributed by atoms with Crippen LogP contribution in [0.2, 0.25) is 0 Å². The van der Waals surface area contributed by atoms with Crippen LogP contribution in [0.3, 0.4) is 0 Å². The normalized spacial score (nSPS) is 10.4. The van der Waals surface area contributed by atoms with Crippen LogP contribution in [0.1, 0.15) is 13.8 Å². The first-order valence-electron chi connectivity index (χ1n) is 7.14. The highest BCUT2D eigenvalue weighted by molar-refractivity contribution is 5.84. The van der Waals surface area contributed by atoms with Gasteiger partial charge in [0.15, 0.2) is 0 Å². The number of methoxy groups -OCH3 is 1. The van der Waals surface area contributed by atoms with E-state index in [1.807, 2.05) is 49.1 Å². The molecule has 1 heterocycles. The Bertz CT molecular complexity index is 628. The second-order valence-corrected chi connectivity index (χ2v) is 4.70. The fourth-order valence-electron chi connectivity index (χ4n) is 2.18. The van der Waals surface area contributed by atoms with E-state index in [-0.39, 0.29) is 5.91 Å². The maximum absolute atomic E-state index is 11.7. The summed E-state index contributed by atoms with van der Waals surface area (Å²) in [6, 6.07) is 9.70. The minimum Gasteiger partial charge on any atom is -0.497 e. The smallest absolute Gasteiger partial charge is 0.239 e. The van der Waals surface area contributed by atoms with Crippen molar-refractivity contribution >= 4 is 22.6 Å². The zero-order chi connectivity index (χ0) is 15.2. The monoisotopic (exact) mass is 287 g/mol. The van der Waals surface area contributed by atoms with Gasteiger partial charge in [-0.05, 0) is 44.2 Å². The predicted molar refractivity (Wildman–Crippen MR) is 84.9 cm³/mol. The van der Waals surface area contributed by atoms with Crippen LogP contribution in [0, 0.1) is 0 Å². The molecule has 0 aliphatic carbocycles. The molecule has 0 unspecified atom stereocenters. The Labute approximate surface area is 124 Å². The third kappa shape index (κ3) is 3.62. The number of benzene rings is 1. The van der Waals surface area contributed by atoms with Gasteiger partial charge in [0.2, 0.25) is 5.91 Å². The molecule has 0 saturated heterocycles. The number of pyridine rings is 1. The number of likely N-dealkylation sites (N-methyl/N-ethyl adjacent to an activating group) is 2. The number of ether oxygens (including phenoxy) is 1. The molecule has 5 nitrogen and oxygen atoms in total. The minimum absolute atomic E-state index is 0.0102. The molecule has 1 N–H and O–H groups in total. The maximum Gasteiger partial charge on any atom is 0.239 e. The molecule has 21 heavy (non-hydrogen) atoms. The molecule has 0 fully saturated rings. The largest absolute Gasteiger partial charge is 0.497 e. The van der Waals surface area contributed by atoms with E-state index in [1.165, 1.54) is 0 Å². The molecule has 0 atom stereocenters. The number of nitrogens with zero attached hydrogens (tertiary/aromatic N) is 2. The van der Waals surface area contributed by atoms with E-state index in [9.17, 15) is 4.79 Å². The van der Waals surface area contributed by atoms with E-state index in [0.29, 0.717) is 13.1 Å². The lowest BCUT2D eigenvalue weighted by Gasteiger charge is -2.21. The Balaban J connectivity index is 2.25. The number of rotatable bonds is 6. The van der Waals surface area contributed by atoms with Gasteiger partial charge in [0, 0.05) is 18.5 Å². The van der Waals surface area contributed by atoms with Crippen molar-refractivity contribution in [2.75, 3.05) is 31.6 Å². The summed E-state index contributed by atoms with van der Waals surface area (Å²) >= 11 is 0. The van der Waals surface area contributed by atoms with Crippen molar-refractivity contribution in [3.63, 3.8) is 0 Å². The Morgan fingerprint density at radius 2 is 2.10 bits per heavy atom. The first-order valence-corrected chi connectivity index (χ1v) is 7.14. The van der Waals surface area contributed by atoms with Gasteiger partial charge in [0.05, 0.1) is 19.2 Å². The van der Waals surface area contributed by atoms with Crippen molar-refractivity contribution in [2.45, 2.75) is 13.8 Å². The molecule has 2 aromatic rings. The molecule has 5 heteroatoms. The number of fused-ring (bicyclic) bond motifs is 1. The van der Waals surface area contributed by atoms with Crippen LogP contribution >= 0.6 is 0 Å². The van der Waals surface area contributed by atoms with E-state index in [2.05, 4.69) is 10.3 Å². The highest BCUT2D eigenvalue weighted by Gasteiger charge is 2.11. The van der Waals surface area contributed by atoms with E-state index >= 15 is 0 Å². The number of carbonyl (C=O) groups is 1. The maximum atomic E-state index is 11.7. The molecule has 2 rings (SSSR count). The van der Waals surface area contributed by atoms with Gasteiger partial charge < -0.3 is 15.0 Å². The first-order chi connectivity index (χ1) is 10.2. The van der Waals surface area contributed by atoms with Crippen molar-refractivity contribution in [2.24, 2.45) is 0 Å². The molecule has 0 aliphatic rings. The highest BCUT2D eigenvalue weighted by Crippen LogP contribution is 2.22. The second kappa shape index (κ2) is 6.92. The van der Waals surface area contributed by atoms with Crippen molar-refractivity contribution in [1.29, 1.82) is 0 Å². The summed E-state index contributed by atoms with van der Waals surface area (Å²) in [5.74, 6) is 1.63. The molecule has 0 aliphatic heterocycles. The van der Waals surface area contributed by atoms with Crippen molar-refractivity contribution in [3.8, 4) is 5.75 Å². The molecular formula is C16H21N3O2. The Morgan fingerprint density at radius 1 is 1.29 bits per heavy atom. The fraction of sp³-hybridized carbons (Fsp3) is 0.375. The van der Waals surface area contributed by atoms with Crippen LogP contribution in [0.25, 0.3) is 10.9 Å². The number of anilines is 1. The number of amides is 1. The minimum atomic E-state index is 0.0102. The molecule has 1 amide bonds. The third-order valence-corrected chi connectivity index (χ3v) is 3.30. The summed E-state index contributed by atoms with van der Waals surface area (Å²) in [4.78, 5) is 18.3. The van der Waals surface area contributed by atoms with Crippen LogP contribution in [0.15, 0.2) is 30.3 Å². The lowest BCUT2D eigenvalue weighted by atomic mass is 10.2. The molecular weight excluding hydrogens is 266 g/mol. The summed E-state index contributed by atoms with van der Waals surface area (Å²) in [7, 11) is 1.65. The summed E-state index contributed by atoms with van der Waals surface area (Å²) in [6.45, 7) is 5.61. The Morgan fingerprint density at radius 3 is 2.76 bits per heavy atom. The predicted octanol–water partition coefficient (Wildman–Crippen LogP) is 2.21. The van der Waals surface area contributed by atoms with Crippen LogP contribution in [-0.4, -0.2) is 37.6 Å². The van der Waals surface area contributed by atoms with Crippen LogP contribution < -0.4 is 15.0 Å². The number of carbonyl (C=O) groups excluding carboxylic acids is 1. The summed E-state index contributed by atoms with van der Waals surface area (Å²) in [6.07, 6.45) is 0. The van der Waals surface area contributed by atoms with Gasteiger partial charge >= 0.3 is 0 Å². The number of hydrogen-bond donors (Lipinski definition) is 1. The lowest BCUT2D eigenvalue weighted by molar-refractivity contribution is -0.119. The van der Waals surface area contributed by atoms with E-state index in [0.717, 1.165) is 29.0 Å². The van der Waals surface area contributed by atoms with Crippen LogP contribution in [0.4, 0.5) is 5.82 Å². The highest BCUT2D eigenvalue weighted by atomic mass is 16.5. The van der Waals surface area contributed by atoms with E-state index in [1.54, 1.807) is 7.11 Å². The summed E-state index contributed by atoms with van der Waals surface area (Å²) in [5.41, 5.74) is 0.891. The molecule has 0 saturated carbocycles. The van der Waals surface area contributed by atoms with Crippen molar-refractivity contribution < 1.29 is 9.53 Å². The SMILES string of the molecule is CCNC(=O)CN(CC)c1ccc2cc(OC)ccc2n1. The Kier molecular flexibility index (Phi) is 4.98. The standard InChI is InChI=1S/C16H21N3O2/c1-4-17-16(20)11-19(5-2)15-9-6-12-10-13(21-3)7-8-14(12)18-15/h6-10H,4-5,11H2,1-3H3,(H,17,20). The van der Waals surface area contributed by atoms with Crippen molar-refractivity contribution in [3.05, 3.63) is 30.3 Å². The summed E-state index contributed by atoms with van der Waals surface area (Å²) < 4.78 is 5.21. The van der Waals surface area contributed by atoms with Gasteiger partial charge in [-0.15, -0.1) is 0 Å². The lowest BCUT2D eigenvalue weighted by Crippen LogP contribution is -2.37. The van der Waals surface area contributed by atoms with Gasteiger partial charge in [-0.25, -0.2) is 4.98 Å². The fourth-order valence-corrected chi connectivity index (χ4v) is 2.18. The molecule has 0 radical (unpaired) electrons. The number of hydrogen-bond acceptors (Lipinski definition) is 4. The average molecular weight is 287 g/mol. The van der Waals surface area contributed by atoms with Gasteiger partial charge in [-0.2, -0.15) is 0 Å². The van der Waals surface area contributed by atoms with E-state index < -0.39 is 0 Å². The quantitative estimate of drug-likeness (QED) is 0.885. The van der Waals surface area contributed by atoms with Crippen molar-refractivity contribution in [1.82, 2.24) is 10.3 Å². The van der Waals surface area contributed by atoms with Crippen LogP contribution in [-0.2, 0) is 4.79 Å². The van der Waals surface area contributed by atoms with Gasteiger partial charge in [-0.1, -0.05) is 0 Å². The Hall–Kier alpha value is -2.30. The topological polar surface area (TPSA) is 54.5 Å². The molecule has 0 spiro atoms. The zero-order valence-electron chi connectivity index (χ0n) is 12.7. The average Bonchev–Trinajstić information content (AvgIpc) is 2.51. The van der Waals surface area contributed by atoms with Gasteiger partial charge in [0.1, 0.15) is 11.6 Å². The van der Waals surface area contributed by atoms with Gasteiger partial charge in [0.25, 0.3) is 0 Å². The number of nitrogens with one attached hydrogen (secondary N) is 1. The zero-order valence-corrected chi connectivity index (χ0v) is 12.7. The van der Waals surface area contributed by atoms with E-state index in [4.69, 9.17) is 4.74 Å².